The van der Waals surface area contributed by atoms with Gasteiger partial charge in [-0.3, -0.25) is 9.59 Å². The van der Waals surface area contributed by atoms with Crippen molar-refractivity contribution in [2.45, 2.75) is 6.54 Å². The number of hydrogen-bond donors (Lipinski definition) is 0. The van der Waals surface area contributed by atoms with Gasteiger partial charge in [0.2, 0.25) is 6.79 Å². The quantitative estimate of drug-likeness (QED) is 0.807. The first-order valence-electron chi connectivity index (χ1n) is 5.93. The zero-order valence-electron chi connectivity index (χ0n) is 10.3. The molecular formula is C14H10BrNO4. The second-order valence-corrected chi connectivity index (χ2v) is 5.13. The summed E-state index contributed by atoms with van der Waals surface area (Å²) in [6.45, 7) is 0.149. The molecule has 0 atom stereocenters. The Bertz CT molecular complexity index is 738. The molecule has 0 aliphatic carbocycles. The van der Waals surface area contributed by atoms with Gasteiger partial charge in [0, 0.05) is 11.8 Å². The van der Waals surface area contributed by atoms with Crippen LogP contribution in [0.25, 0.3) is 0 Å². The molecule has 20 heavy (non-hydrogen) atoms. The molecule has 102 valence electrons. The number of carbonyl (C=O) groups is 1. The van der Waals surface area contributed by atoms with Crippen LogP contribution in [-0.2, 0) is 6.54 Å². The minimum absolute atomic E-state index is 0.0160. The molecule has 1 aromatic carbocycles. The van der Waals surface area contributed by atoms with Gasteiger partial charge in [-0.1, -0.05) is 0 Å². The fourth-order valence-electron chi connectivity index (χ4n) is 1.95. The number of hydrogen-bond acceptors (Lipinski definition) is 4. The molecule has 2 heterocycles. The number of fused-ring (bicyclic) bond motifs is 1. The number of rotatable bonds is 3. The van der Waals surface area contributed by atoms with Crippen molar-refractivity contribution in [2.24, 2.45) is 0 Å². The van der Waals surface area contributed by atoms with E-state index < -0.39 is 0 Å². The lowest BCUT2D eigenvalue weighted by Crippen LogP contribution is -2.23. The summed E-state index contributed by atoms with van der Waals surface area (Å²) in [4.78, 5) is 24.0. The van der Waals surface area contributed by atoms with Crippen molar-refractivity contribution in [3.05, 3.63) is 56.9 Å². The highest BCUT2D eigenvalue weighted by atomic mass is 79.9. The van der Waals surface area contributed by atoms with Crippen LogP contribution >= 0.6 is 15.9 Å². The van der Waals surface area contributed by atoms with Gasteiger partial charge >= 0.3 is 0 Å². The molecule has 0 spiro atoms. The van der Waals surface area contributed by atoms with Gasteiger partial charge in [-0.05, 0) is 46.3 Å². The van der Waals surface area contributed by atoms with Gasteiger partial charge in [-0.2, -0.15) is 0 Å². The molecule has 6 heteroatoms. The molecule has 5 nitrogen and oxygen atoms in total. The van der Waals surface area contributed by atoms with Crippen molar-refractivity contribution >= 4 is 21.7 Å². The van der Waals surface area contributed by atoms with E-state index in [1.54, 1.807) is 36.5 Å². The van der Waals surface area contributed by atoms with Crippen molar-refractivity contribution in [1.29, 1.82) is 0 Å². The number of Topliss-reactive ketones (excluding diaryl/α,β-unsaturated/α-hetero) is 1. The molecule has 0 bridgehead atoms. The summed E-state index contributed by atoms with van der Waals surface area (Å²) in [6.07, 6.45) is 1.58. The number of ketones is 1. The van der Waals surface area contributed by atoms with Gasteiger partial charge in [0.05, 0.1) is 11.0 Å². The fraction of sp³-hybridized carbons (Fsp3) is 0.143. The molecule has 0 saturated heterocycles. The van der Waals surface area contributed by atoms with E-state index >= 15 is 0 Å². The normalized spacial score (nSPS) is 12.4. The molecule has 3 rings (SSSR count). The maximum absolute atomic E-state index is 12.2. The average Bonchev–Trinajstić information content (AvgIpc) is 2.91. The highest BCUT2D eigenvalue weighted by Crippen LogP contribution is 2.32. The lowest BCUT2D eigenvalue weighted by Gasteiger charge is -2.06. The number of aromatic nitrogens is 1. The van der Waals surface area contributed by atoms with Crippen LogP contribution in [0.1, 0.15) is 10.4 Å². The predicted octanol–water partition coefficient (Wildman–Crippen LogP) is 2.22. The zero-order valence-corrected chi connectivity index (χ0v) is 11.9. The summed E-state index contributed by atoms with van der Waals surface area (Å²) in [6, 6.07) is 8.34. The Morgan fingerprint density at radius 2 is 2.05 bits per heavy atom. The van der Waals surface area contributed by atoms with Crippen molar-refractivity contribution in [2.75, 3.05) is 6.79 Å². The standard InChI is InChI=1S/C14H10BrNO4/c15-10-2-1-5-16(14(10)18)7-11(17)9-3-4-12-13(6-9)20-8-19-12/h1-6H,7-8H2. The number of benzene rings is 1. The maximum atomic E-state index is 12.2. The highest BCUT2D eigenvalue weighted by Gasteiger charge is 2.16. The summed E-state index contributed by atoms with van der Waals surface area (Å²) >= 11 is 3.15. The number of pyridine rings is 1. The smallest absolute Gasteiger partial charge is 0.265 e. The zero-order chi connectivity index (χ0) is 14.1. The second-order valence-electron chi connectivity index (χ2n) is 4.28. The number of nitrogens with zero attached hydrogens (tertiary/aromatic N) is 1. The van der Waals surface area contributed by atoms with E-state index in [0.717, 1.165) is 0 Å². The molecule has 1 aromatic heterocycles. The molecule has 0 radical (unpaired) electrons. The molecule has 1 aliphatic heterocycles. The first-order valence-corrected chi connectivity index (χ1v) is 6.72. The van der Waals surface area contributed by atoms with Crippen LogP contribution < -0.4 is 15.0 Å². The number of halogens is 1. The maximum Gasteiger partial charge on any atom is 0.265 e. The first kappa shape index (κ1) is 12.9. The minimum Gasteiger partial charge on any atom is -0.454 e. The molecule has 0 amide bonds. The third-order valence-corrected chi connectivity index (χ3v) is 3.59. The van der Waals surface area contributed by atoms with Crippen LogP contribution in [0.2, 0.25) is 0 Å². The Morgan fingerprint density at radius 3 is 2.90 bits per heavy atom. The van der Waals surface area contributed by atoms with Gasteiger partial charge < -0.3 is 14.0 Å². The third kappa shape index (κ3) is 2.34. The summed E-state index contributed by atoms with van der Waals surface area (Å²) in [5.74, 6) is 1.02. The number of ether oxygens (including phenoxy) is 2. The van der Waals surface area contributed by atoms with Crippen LogP contribution in [-0.4, -0.2) is 17.1 Å². The van der Waals surface area contributed by atoms with Crippen LogP contribution in [0, 0.1) is 0 Å². The Morgan fingerprint density at radius 1 is 1.25 bits per heavy atom. The molecular weight excluding hydrogens is 326 g/mol. The van der Waals surface area contributed by atoms with Crippen LogP contribution in [0.3, 0.4) is 0 Å². The lowest BCUT2D eigenvalue weighted by molar-refractivity contribution is 0.0970. The van der Waals surface area contributed by atoms with Crippen LogP contribution in [0.5, 0.6) is 11.5 Å². The third-order valence-electron chi connectivity index (χ3n) is 2.98. The van der Waals surface area contributed by atoms with E-state index in [0.29, 0.717) is 21.5 Å². The molecule has 2 aromatic rings. The van der Waals surface area contributed by atoms with Crippen LogP contribution in [0.15, 0.2) is 45.8 Å². The van der Waals surface area contributed by atoms with Crippen LogP contribution in [0.4, 0.5) is 0 Å². The van der Waals surface area contributed by atoms with E-state index in [1.807, 2.05) is 0 Å². The van der Waals surface area contributed by atoms with Gasteiger partial charge in [0.1, 0.15) is 0 Å². The van der Waals surface area contributed by atoms with E-state index in [9.17, 15) is 9.59 Å². The highest BCUT2D eigenvalue weighted by molar-refractivity contribution is 9.10. The first-order chi connectivity index (χ1) is 9.65. The van der Waals surface area contributed by atoms with Crippen molar-refractivity contribution in [3.8, 4) is 11.5 Å². The Hall–Kier alpha value is -2.08. The summed E-state index contributed by atoms with van der Waals surface area (Å²) in [5.41, 5.74) is 0.253. The molecule has 0 N–H and O–H groups in total. The van der Waals surface area contributed by atoms with Crippen molar-refractivity contribution in [3.63, 3.8) is 0 Å². The molecule has 0 saturated carbocycles. The Balaban J connectivity index is 1.86. The van der Waals surface area contributed by atoms with Crippen molar-refractivity contribution < 1.29 is 14.3 Å². The van der Waals surface area contributed by atoms with E-state index in [1.165, 1.54) is 4.57 Å². The molecule has 0 unspecified atom stereocenters. The van der Waals surface area contributed by atoms with E-state index in [-0.39, 0.29) is 24.7 Å². The van der Waals surface area contributed by atoms with Gasteiger partial charge in [0.25, 0.3) is 5.56 Å². The van der Waals surface area contributed by atoms with Gasteiger partial charge in [-0.15, -0.1) is 0 Å². The predicted molar refractivity (Wildman–Crippen MR) is 75.3 cm³/mol. The second kappa shape index (κ2) is 5.13. The van der Waals surface area contributed by atoms with Crippen molar-refractivity contribution in [1.82, 2.24) is 4.57 Å². The average molecular weight is 336 g/mol. The summed E-state index contributed by atoms with van der Waals surface area (Å²) in [5, 5.41) is 0. The summed E-state index contributed by atoms with van der Waals surface area (Å²) < 4.78 is 12.2. The number of carbonyl (C=O) groups excluding carboxylic acids is 1. The fourth-order valence-corrected chi connectivity index (χ4v) is 2.33. The lowest BCUT2D eigenvalue weighted by atomic mass is 10.1. The molecule has 0 fully saturated rings. The Labute approximate surface area is 122 Å². The topological polar surface area (TPSA) is 57.5 Å². The largest absolute Gasteiger partial charge is 0.454 e. The minimum atomic E-state index is -0.235. The monoisotopic (exact) mass is 335 g/mol. The Kier molecular flexibility index (Phi) is 3.31. The molecule has 1 aliphatic rings. The van der Waals surface area contributed by atoms with E-state index in [4.69, 9.17) is 9.47 Å². The van der Waals surface area contributed by atoms with Gasteiger partial charge in [0.15, 0.2) is 17.3 Å². The van der Waals surface area contributed by atoms with Gasteiger partial charge in [-0.25, -0.2) is 0 Å². The van der Waals surface area contributed by atoms with E-state index in [2.05, 4.69) is 15.9 Å². The SMILES string of the molecule is O=C(Cn1cccc(Br)c1=O)c1ccc2c(c1)OCO2. The summed E-state index contributed by atoms with van der Waals surface area (Å²) in [7, 11) is 0.